The summed E-state index contributed by atoms with van der Waals surface area (Å²) >= 11 is 0. The molecule has 0 unspecified atom stereocenters. The molecule has 0 spiro atoms. The molecule has 0 atom stereocenters. The summed E-state index contributed by atoms with van der Waals surface area (Å²) in [5, 5.41) is 15.7. The number of hydrogen-bond acceptors (Lipinski definition) is 6. The van der Waals surface area contributed by atoms with Gasteiger partial charge in [0.25, 0.3) is 5.69 Å². The maximum absolute atomic E-state index is 11.4. The zero-order valence-electron chi connectivity index (χ0n) is 13.6. The normalized spacial score (nSPS) is 15.1. The van der Waals surface area contributed by atoms with Crippen molar-refractivity contribution in [3.63, 3.8) is 0 Å². The predicted octanol–water partition coefficient (Wildman–Crippen LogP) is 2.55. The summed E-state index contributed by atoms with van der Waals surface area (Å²) in [6.07, 6.45) is 6.56. The van der Waals surface area contributed by atoms with Gasteiger partial charge in [0.05, 0.1) is 23.0 Å². The van der Waals surface area contributed by atoms with Crippen LogP contribution in [0.15, 0.2) is 29.5 Å². The molecule has 2 aromatic rings. The van der Waals surface area contributed by atoms with Crippen LogP contribution in [-0.2, 0) is 0 Å². The predicted molar refractivity (Wildman–Crippen MR) is 93.5 cm³/mol. The van der Waals surface area contributed by atoms with Crippen molar-refractivity contribution in [1.82, 2.24) is 9.66 Å². The zero-order chi connectivity index (χ0) is 17.1. The summed E-state index contributed by atoms with van der Waals surface area (Å²) in [7, 11) is 0. The van der Waals surface area contributed by atoms with Crippen molar-refractivity contribution in [3.05, 3.63) is 45.8 Å². The molecule has 0 aliphatic carbocycles. The van der Waals surface area contributed by atoms with Crippen molar-refractivity contribution in [2.75, 3.05) is 23.7 Å². The second-order valence-electron chi connectivity index (χ2n) is 5.88. The highest BCUT2D eigenvalue weighted by molar-refractivity contribution is 5.83. The molecule has 2 heterocycles. The summed E-state index contributed by atoms with van der Waals surface area (Å²) in [5.41, 5.74) is 7.92. The molecule has 0 radical (unpaired) electrons. The number of aryl methyl sites for hydroxylation is 1. The third-order valence-corrected chi connectivity index (χ3v) is 4.06. The highest BCUT2D eigenvalue weighted by Gasteiger charge is 2.21. The molecule has 0 bridgehead atoms. The van der Waals surface area contributed by atoms with E-state index >= 15 is 0 Å². The Labute approximate surface area is 139 Å². The molecule has 1 aromatic carbocycles. The number of nitrogens with two attached hydrogens (primary N) is 1. The van der Waals surface area contributed by atoms with Gasteiger partial charge in [0.1, 0.15) is 5.69 Å². The first-order valence-corrected chi connectivity index (χ1v) is 7.94. The summed E-state index contributed by atoms with van der Waals surface area (Å²) in [4.78, 5) is 17.3. The van der Waals surface area contributed by atoms with Crippen LogP contribution in [0.3, 0.4) is 0 Å². The molecular formula is C16H20N6O2. The SMILES string of the molecule is Cc1cn(N=Cc2ccc(N3CCCCC3)c([N+](=O)[O-])c2)c(N)n1. The first-order chi connectivity index (χ1) is 11.5. The van der Waals surface area contributed by atoms with Crippen LogP contribution >= 0.6 is 0 Å². The van der Waals surface area contributed by atoms with Crippen LogP contribution < -0.4 is 10.6 Å². The van der Waals surface area contributed by atoms with E-state index in [2.05, 4.69) is 15.0 Å². The maximum Gasteiger partial charge on any atom is 0.293 e. The monoisotopic (exact) mass is 328 g/mol. The van der Waals surface area contributed by atoms with Gasteiger partial charge in [0, 0.05) is 24.7 Å². The van der Waals surface area contributed by atoms with E-state index in [4.69, 9.17) is 5.73 Å². The smallest absolute Gasteiger partial charge is 0.293 e. The van der Waals surface area contributed by atoms with Gasteiger partial charge in [-0.15, -0.1) is 0 Å². The van der Waals surface area contributed by atoms with E-state index in [0.717, 1.165) is 31.6 Å². The van der Waals surface area contributed by atoms with E-state index in [0.29, 0.717) is 11.3 Å². The molecule has 3 rings (SSSR count). The van der Waals surface area contributed by atoms with Gasteiger partial charge >= 0.3 is 0 Å². The van der Waals surface area contributed by atoms with Crippen LogP contribution in [0.4, 0.5) is 17.3 Å². The third kappa shape index (κ3) is 3.37. The Morgan fingerprint density at radius 2 is 2.08 bits per heavy atom. The molecule has 1 fully saturated rings. The number of nitro benzene ring substituents is 1. The summed E-state index contributed by atoms with van der Waals surface area (Å²) in [5.74, 6) is 0.281. The van der Waals surface area contributed by atoms with Gasteiger partial charge in [-0.3, -0.25) is 10.1 Å². The summed E-state index contributed by atoms with van der Waals surface area (Å²) < 4.78 is 1.44. The lowest BCUT2D eigenvalue weighted by molar-refractivity contribution is -0.384. The Morgan fingerprint density at radius 3 is 2.71 bits per heavy atom. The average Bonchev–Trinajstić information content (AvgIpc) is 2.91. The Bertz CT molecular complexity index is 777. The fraction of sp³-hybridized carbons (Fsp3) is 0.375. The Hall–Kier alpha value is -2.90. The fourth-order valence-electron chi connectivity index (χ4n) is 2.89. The Kier molecular flexibility index (Phi) is 4.45. The maximum atomic E-state index is 11.4. The van der Waals surface area contributed by atoms with Crippen molar-refractivity contribution < 1.29 is 4.92 Å². The standard InChI is InChI=1S/C16H20N6O2/c1-12-11-21(16(17)19-12)18-10-13-5-6-14(15(9-13)22(23)24)20-7-3-2-4-8-20/h5-6,9-11H,2-4,7-8H2,1H3,(H2,17,19). The van der Waals surface area contributed by atoms with Gasteiger partial charge in [-0.25, -0.2) is 9.66 Å². The van der Waals surface area contributed by atoms with Gasteiger partial charge in [-0.2, -0.15) is 5.10 Å². The quantitative estimate of drug-likeness (QED) is 0.528. The number of imidazole rings is 1. The van der Waals surface area contributed by atoms with Crippen molar-refractivity contribution in [3.8, 4) is 0 Å². The molecule has 1 aliphatic heterocycles. The van der Waals surface area contributed by atoms with Gasteiger partial charge < -0.3 is 10.6 Å². The van der Waals surface area contributed by atoms with E-state index in [9.17, 15) is 10.1 Å². The second-order valence-corrected chi connectivity index (χ2v) is 5.88. The minimum atomic E-state index is -0.336. The highest BCUT2D eigenvalue weighted by atomic mass is 16.6. The van der Waals surface area contributed by atoms with E-state index in [1.807, 2.05) is 13.0 Å². The van der Waals surface area contributed by atoms with Crippen LogP contribution in [0, 0.1) is 17.0 Å². The fourth-order valence-corrected chi connectivity index (χ4v) is 2.89. The van der Waals surface area contributed by atoms with E-state index in [-0.39, 0.29) is 16.6 Å². The molecule has 126 valence electrons. The first kappa shape index (κ1) is 16.0. The van der Waals surface area contributed by atoms with Gasteiger partial charge in [0.2, 0.25) is 5.95 Å². The number of benzene rings is 1. The van der Waals surface area contributed by atoms with Crippen LogP contribution in [-0.4, -0.2) is 33.9 Å². The minimum absolute atomic E-state index is 0.107. The number of rotatable bonds is 4. The van der Waals surface area contributed by atoms with Crippen molar-refractivity contribution in [2.45, 2.75) is 26.2 Å². The minimum Gasteiger partial charge on any atom is -0.368 e. The lowest BCUT2D eigenvalue weighted by Crippen LogP contribution is -2.29. The average molecular weight is 328 g/mol. The summed E-state index contributed by atoms with van der Waals surface area (Å²) in [6.45, 7) is 3.54. The molecule has 0 saturated carbocycles. The van der Waals surface area contributed by atoms with Gasteiger partial charge in [-0.05, 0) is 32.3 Å². The van der Waals surface area contributed by atoms with E-state index in [1.54, 1.807) is 24.5 Å². The number of anilines is 2. The number of nitrogen functional groups attached to an aromatic ring is 1. The zero-order valence-corrected chi connectivity index (χ0v) is 13.6. The number of piperidine rings is 1. The largest absolute Gasteiger partial charge is 0.368 e. The first-order valence-electron chi connectivity index (χ1n) is 7.94. The molecule has 8 nitrogen and oxygen atoms in total. The molecule has 24 heavy (non-hydrogen) atoms. The number of hydrogen-bond donors (Lipinski definition) is 1. The van der Waals surface area contributed by atoms with Gasteiger partial charge in [-0.1, -0.05) is 6.07 Å². The van der Waals surface area contributed by atoms with Crippen LogP contribution in [0.5, 0.6) is 0 Å². The molecule has 1 aliphatic rings. The van der Waals surface area contributed by atoms with E-state index in [1.165, 1.54) is 11.1 Å². The molecule has 1 saturated heterocycles. The lowest BCUT2D eigenvalue weighted by atomic mass is 10.1. The molecular weight excluding hydrogens is 308 g/mol. The van der Waals surface area contributed by atoms with Crippen LogP contribution in [0.25, 0.3) is 0 Å². The van der Waals surface area contributed by atoms with Gasteiger partial charge in [0.15, 0.2) is 0 Å². The highest BCUT2D eigenvalue weighted by Crippen LogP contribution is 2.30. The molecule has 2 N–H and O–H groups in total. The number of nitrogens with zero attached hydrogens (tertiary/aromatic N) is 5. The van der Waals surface area contributed by atoms with Crippen molar-refractivity contribution in [1.29, 1.82) is 0 Å². The Morgan fingerprint density at radius 1 is 1.33 bits per heavy atom. The third-order valence-electron chi connectivity index (χ3n) is 4.06. The number of aromatic nitrogens is 2. The molecule has 0 amide bonds. The van der Waals surface area contributed by atoms with Crippen LogP contribution in [0.2, 0.25) is 0 Å². The van der Waals surface area contributed by atoms with Crippen LogP contribution in [0.1, 0.15) is 30.5 Å². The Balaban J connectivity index is 1.88. The molecule has 8 heteroatoms. The summed E-state index contributed by atoms with van der Waals surface area (Å²) in [6, 6.07) is 5.18. The van der Waals surface area contributed by atoms with Crippen molar-refractivity contribution in [2.24, 2.45) is 5.10 Å². The number of nitro groups is 1. The molecule has 1 aromatic heterocycles. The topological polar surface area (TPSA) is 103 Å². The second kappa shape index (κ2) is 6.69. The lowest BCUT2D eigenvalue weighted by Gasteiger charge is -2.28. The van der Waals surface area contributed by atoms with E-state index < -0.39 is 0 Å². The van der Waals surface area contributed by atoms with Crippen molar-refractivity contribution >= 4 is 23.5 Å².